The quantitative estimate of drug-likeness (QED) is 0.334. The van der Waals surface area contributed by atoms with E-state index in [1.54, 1.807) is 11.8 Å². The topological polar surface area (TPSA) is 84.4 Å². The van der Waals surface area contributed by atoms with Gasteiger partial charge in [-0.1, -0.05) is 29.1 Å². The zero-order valence-corrected chi connectivity index (χ0v) is 19.3. The second kappa shape index (κ2) is 9.58. The average Bonchev–Trinajstić information content (AvgIpc) is 3.50. The molecule has 3 heterocycles. The average molecular weight is 465 g/mol. The van der Waals surface area contributed by atoms with Crippen LogP contribution in [0.4, 0.5) is 0 Å². The first kappa shape index (κ1) is 21.4. The maximum atomic E-state index is 5.74. The molecule has 0 radical (unpaired) electrons. The van der Waals surface area contributed by atoms with Gasteiger partial charge in [-0.15, -0.1) is 0 Å². The number of ether oxygens (including phenoxy) is 3. The molecule has 0 amide bonds. The van der Waals surface area contributed by atoms with Crippen molar-refractivity contribution in [2.45, 2.75) is 31.3 Å². The van der Waals surface area contributed by atoms with Crippen LogP contribution in [0.2, 0.25) is 0 Å². The Morgan fingerprint density at radius 3 is 2.76 bits per heavy atom. The Morgan fingerprint density at radius 1 is 1.06 bits per heavy atom. The summed E-state index contributed by atoms with van der Waals surface area (Å²) >= 11 is 1.56. The lowest BCUT2D eigenvalue weighted by molar-refractivity contribution is 0.171. The number of nitrogens with zero attached hydrogens (tertiary/aromatic N) is 4. The highest BCUT2D eigenvalue weighted by atomic mass is 32.2. The van der Waals surface area contributed by atoms with Crippen molar-refractivity contribution in [1.29, 1.82) is 0 Å². The van der Waals surface area contributed by atoms with E-state index in [2.05, 4.69) is 26.6 Å². The summed E-state index contributed by atoms with van der Waals surface area (Å²) in [6, 6.07) is 13.7. The van der Waals surface area contributed by atoms with E-state index >= 15 is 0 Å². The van der Waals surface area contributed by atoms with Crippen LogP contribution in [0, 0.1) is 0 Å². The Kier molecular flexibility index (Phi) is 6.21. The van der Waals surface area contributed by atoms with Gasteiger partial charge in [-0.05, 0) is 44.2 Å². The maximum Gasteiger partial charge on any atom is 0.237 e. The molecular weight excluding hydrogens is 440 g/mol. The van der Waals surface area contributed by atoms with E-state index in [1.165, 1.54) is 0 Å². The molecule has 8 nitrogen and oxygen atoms in total. The molecule has 1 aliphatic rings. The van der Waals surface area contributed by atoms with Gasteiger partial charge < -0.3 is 23.3 Å². The lowest BCUT2D eigenvalue weighted by Gasteiger charge is -2.19. The van der Waals surface area contributed by atoms with Crippen molar-refractivity contribution in [3.63, 3.8) is 0 Å². The van der Waals surface area contributed by atoms with Crippen molar-refractivity contribution < 1.29 is 18.7 Å². The van der Waals surface area contributed by atoms with Crippen LogP contribution in [0.3, 0.4) is 0 Å². The van der Waals surface area contributed by atoms with E-state index in [4.69, 9.17) is 18.7 Å². The third-order valence-electron chi connectivity index (χ3n) is 5.19. The molecular formula is C24H24N4O4S. The molecule has 0 spiro atoms. The fourth-order valence-electron chi connectivity index (χ4n) is 3.69. The van der Waals surface area contributed by atoms with Gasteiger partial charge in [0.25, 0.3) is 0 Å². The van der Waals surface area contributed by atoms with Gasteiger partial charge in [0.15, 0.2) is 16.7 Å². The molecule has 2 aromatic carbocycles. The molecule has 170 valence electrons. The standard InChI is InChI=1S/C24H24N4O4S/c1-3-28-18(16-9-10-20-21(13-16)31-12-11-30-20)14-25-24(28)33-15-22-26-23(27-32-22)17-7-5-6-8-19(17)29-4-2/h5-10,13-14H,3-4,11-12,15H2,1-2H3. The molecule has 0 bridgehead atoms. The predicted molar refractivity (Wildman–Crippen MR) is 125 cm³/mol. The summed E-state index contributed by atoms with van der Waals surface area (Å²) < 4.78 is 24.7. The van der Waals surface area contributed by atoms with Crippen LogP contribution in [-0.2, 0) is 12.3 Å². The molecule has 0 saturated heterocycles. The zero-order valence-electron chi connectivity index (χ0n) is 18.5. The largest absolute Gasteiger partial charge is 0.493 e. The summed E-state index contributed by atoms with van der Waals surface area (Å²) in [5.41, 5.74) is 2.87. The lowest BCUT2D eigenvalue weighted by atomic mass is 10.1. The number of rotatable bonds is 8. The van der Waals surface area contributed by atoms with Crippen LogP contribution in [0.1, 0.15) is 19.7 Å². The summed E-state index contributed by atoms with van der Waals surface area (Å²) in [6.45, 7) is 6.54. The van der Waals surface area contributed by atoms with E-state index in [9.17, 15) is 0 Å². The molecule has 33 heavy (non-hydrogen) atoms. The first-order valence-electron chi connectivity index (χ1n) is 10.9. The van der Waals surface area contributed by atoms with Gasteiger partial charge in [-0.3, -0.25) is 0 Å². The highest BCUT2D eigenvalue weighted by Crippen LogP contribution is 2.36. The monoisotopic (exact) mass is 464 g/mol. The van der Waals surface area contributed by atoms with Crippen LogP contribution < -0.4 is 14.2 Å². The van der Waals surface area contributed by atoms with Gasteiger partial charge in [-0.25, -0.2) is 4.98 Å². The Labute approximate surface area is 195 Å². The van der Waals surface area contributed by atoms with E-state index in [-0.39, 0.29) is 0 Å². The van der Waals surface area contributed by atoms with Crippen LogP contribution >= 0.6 is 11.8 Å². The third-order valence-corrected chi connectivity index (χ3v) is 6.17. The van der Waals surface area contributed by atoms with Gasteiger partial charge in [0.2, 0.25) is 11.7 Å². The molecule has 0 atom stereocenters. The molecule has 2 aromatic heterocycles. The normalized spacial score (nSPS) is 12.7. The van der Waals surface area contributed by atoms with Crippen molar-refractivity contribution in [1.82, 2.24) is 19.7 Å². The highest BCUT2D eigenvalue weighted by Gasteiger charge is 2.18. The van der Waals surface area contributed by atoms with Crippen LogP contribution in [0.5, 0.6) is 17.2 Å². The number of imidazole rings is 1. The molecule has 0 aliphatic carbocycles. The van der Waals surface area contributed by atoms with E-state index in [1.807, 2.05) is 55.6 Å². The highest BCUT2D eigenvalue weighted by molar-refractivity contribution is 7.98. The smallest absolute Gasteiger partial charge is 0.237 e. The van der Waals surface area contributed by atoms with E-state index in [0.29, 0.717) is 37.3 Å². The van der Waals surface area contributed by atoms with Crippen molar-refractivity contribution in [3.05, 3.63) is 54.6 Å². The SMILES string of the molecule is CCOc1ccccc1-c1noc(CSc2ncc(-c3ccc4c(c3)OCCO4)n2CC)n1. The molecule has 0 N–H and O–H groups in total. The fraction of sp³-hybridized carbons (Fsp3) is 0.292. The maximum absolute atomic E-state index is 5.74. The molecule has 1 aliphatic heterocycles. The van der Waals surface area contributed by atoms with Crippen molar-refractivity contribution in [2.75, 3.05) is 19.8 Å². The predicted octanol–water partition coefficient (Wildman–Crippen LogP) is 5.08. The minimum absolute atomic E-state index is 0.515. The van der Waals surface area contributed by atoms with E-state index < -0.39 is 0 Å². The van der Waals surface area contributed by atoms with Crippen LogP contribution in [0.25, 0.3) is 22.6 Å². The minimum Gasteiger partial charge on any atom is -0.493 e. The lowest BCUT2D eigenvalue weighted by Crippen LogP contribution is -2.15. The number of thioether (sulfide) groups is 1. The van der Waals surface area contributed by atoms with Crippen molar-refractivity contribution in [2.24, 2.45) is 0 Å². The number of benzene rings is 2. The number of fused-ring (bicyclic) bond motifs is 1. The van der Waals surface area contributed by atoms with Crippen molar-refractivity contribution >= 4 is 11.8 Å². The van der Waals surface area contributed by atoms with Gasteiger partial charge in [0.05, 0.1) is 29.8 Å². The number of para-hydroxylation sites is 1. The second-order valence-corrected chi connectivity index (χ2v) is 8.20. The second-order valence-electron chi connectivity index (χ2n) is 7.26. The summed E-state index contributed by atoms with van der Waals surface area (Å²) in [6.07, 6.45) is 1.88. The Bertz CT molecular complexity index is 1250. The molecule has 5 rings (SSSR count). The first-order valence-corrected chi connectivity index (χ1v) is 11.9. The van der Waals surface area contributed by atoms with Gasteiger partial charge >= 0.3 is 0 Å². The fourth-order valence-corrected chi connectivity index (χ4v) is 4.57. The van der Waals surface area contributed by atoms with Crippen LogP contribution in [0.15, 0.2) is 58.3 Å². The van der Waals surface area contributed by atoms with Crippen molar-refractivity contribution in [3.8, 4) is 39.9 Å². The summed E-state index contributed by atoms with van der Waals surface area (Å²) in [4.78, 5) is 9.20. The van der Waals surface area contributed by atoms with Gasteiger partial charge in [0, 0.05) is 12.1 Å². The Morgan fingerprint density at radius 2 is 1.91 bits per heavy atom. The number of aromatic nitrogens is 4. The molecule has 0 unspecified atom stereocenters. The molecule has 9 heteroatoms. The van der Waals surface area contributed by atoms with Gasteiger partial charge in [-0.2, -0.15) is 4.98 Å². The van der Waals surface area contributed by atoms with Gasteiger partial charge in [0.1, 0.15) is 19.0 Å². The Hall–Kier alpha value is -3.46. The van der Waals surface area contributed by atoms with E-state index in [0.717, 1.165) is 45.8 Å². The third kappa shape index (κ3) is 4.41. The number of hydrogen-bond donors (Lipinski definition) is 0. The Balaban J connectivity index is 1.33. The molecule has 0 fully saturated rings. The molecule has 0 saturated carbocycles. The van der Waals surface area contributed by atoms with Crippen LogP contribution in [-0.4, -0.2) is 39.5 Å². The zero-order chi connectivity index (χ0) is 22.6. The molecule has 4 aromatic rings. The first-order chi connectivity index (χ1) is 16.3. The number of hydrogen-bond acceptors (Lipinski definition) is 8. The summed E-state index contributed by atoms with van der Waals surface area (Å²) in [7, 11) is 0. The summed E-state index contributed by atoms with van der Waals surface area (Å²) in [5.74, 6) is 3.85. The minimum atomic E-state index is 0.515. The summed E-state index contributed by atoms with van der Waals surface area (Å²) in [5, 5.41) is 5.03.